The highest BCUT2D eigenvalue weighted by Crippen LogP contribution is 2.29. The van der Waals surface area contributed by atoms with Gasteiger partial charge in [0.1, 0.15) is 0 Å². The molecule has 1 N–H and O–H groups in total. The summed E-state index contributed by atoms with van der Waals surface area (Å²) in [5, 5.41) is 2.87. The van der Waals surface area contributed by atoms with E-state index in [-0.39, 0.29) is 18.0 Å². The van der Waals surface area contributed by atoms with Crippen LogP contribution in [0.5, 0.6) is 0 Å². The van der Waals surface area contributed by atoms with Crippen LogP contribution in [0.4, 0.5) is 13.2 Å². The first-order chi connectivity index (χ1) is 8.36. The van der Waals surface area contributed by atoms with E-state index in [1.807, 2.05) is 0 Å². The fourth-order valence-corrected chi connectivity index (χ4v) is 1.43. The molecule has 0 saturated carbocycles. The second-order valence-corrected chi connectivity index (χ2v) is 3.91. The lowest BCUT2D eigenvalue weighted by Crippen LogP contribution is -2.32. The summed E-state index contributed by atoms with van der Waals surface area (Å²) in [6, 6.07) is 4.44. The molecule has 108 valence electrons. The van der Waals surface area contributed by atoms with E-state index in [1.165, 1.54) is 17.0 Å². The number of hydrogen-bond donors (Lipinski definition) is 1. The molecule has 0 aliphatic carbocycles. The molecule has 0 spiro atoms. The van der Waals surface area contributed by atoms with Crippen molar-refractivity contribution in [3.8, 4) is 0 Å². The minimum Gasteiger partial charge on any atom is -0.340 e. The Morgan fingerprint density at radius 1 is 1.37 bits per heavy atom. The lowest BCUT2D eigenvalue weighted by Gasteiger charge is -2.17. The van der Waals surface area contributed by atoms with Crippen LogP contribution in [0.2, 0.25) is 0 Å². The molecule has 0 unspecified atom stereocenters. The SMILES string of the molecule is CNCCN(C)C(=O)c1cccc(C(F)(F)F)c1.Cl. The number of amides is 1. The van der Waals surface area contributed by atoms with Crippen LogP contribution in [-0.4, -0.2) is 38.0 Å². The van der Waals surface area contributed by atoms with E-state index >= 15 is 0 Å². The molecule has 0 aromatic heterocycles. The van der Waals surface area contributed by atoms with Gasteiger partial charge in [-0.25, -0.2) is 0 Å². The molecular weight excluding hydrogens is 281 g/mol. The predicted octanol–water partition coefficient (Wildman–Crippen LogP) is 2.42. The maximum absolute atomic E-state index is 12.5. The maximum Gasteiger partial charge on any atom is 0.416 e. The quantitative estimate of drug-likeness (QED) is 0.925. The van der Waals surface area contributed by atoms with E-state index in [0.29, 0.717) is 13.1 Å². The number of carbonyl (C=O) groups is 1. The zero-order valence-electron chi connectivity index (χ0n) is 10.6. The average molecular weight is 297 g/mol. The van der Waals surface area contributed by atoms with E-state index in [2.05, 4.69) is 5.32 Å². The molecule has 1 amide bonds. The zero-order valence-corrected chi connectivity index (χ0v) is 11.4. The van der Waals surface area contributed by atoms with Crippen molar-refractivity contribution in [2.24, 2.45) is 0 Å². The summed E-state index contributed by atoms with van der Waals surface area (Å²) in [5.74, 6) is -0.420. The smallest absolute Gasteiger partial charge is 0.340 e. The van der Waals surface area contributed by atoms with Gasteiger partial charge in [0.15, 0.2) is 0 Å². The van der Waals surface area contributed by atoms with Gasteiger partial charge in [0.2, 0.25) is 0 Å². The van der Waals surface area contributed by atoms with E-state index in [4.69, 9.17) is 0 Å². The highest BCUT2D eigenvalue weighted by Gasteiger charge is 2.31. The normalized spacial score (nSPS) is 10.8. The average Bonchev–Trinajstić information content (AvgIpc) is 2.34. The van der Waals surface area contributed by atoms with Crippen LogP contribution in [0.15, 0.2) is 24.3 Å². The predicted molar refractivity (Wildman–Crippen MR) is 69.6 cm³/mol. The number of rotatable bonds is 4. The molecule has 0 bridgehead atoms. The van der Waals surface area contributed by atoms with Crippen molar-refractivity contribution in [3.05, 3.63) is 35.4 Å². The van der Waals surface area contributed by atoms with Crippen molar-refractivity contribution in [2.45, 2.75) is 6.18 Å². The lowest BCUT2D eigenvalue weighted by molar-refractivity contribution is -0.137. The van der Waals surface area contributed by atoms with E-state index in [9.17, 15) is 18.0 Å². The first-order valence-electron chi connectivity index (χ1n) is 5.43. The van der Waals surface area contributed by atoms with Gasteiger partial charge in [0.05, 0.1) is 5.56 Å². The molecule has 1 rings (SSSR count). The van der Waals surface area contributed by atoms with Crippen LogP contribution >= 0.6 is 12.4 Å². The third kappa shape index (κ3) is 5.08. The monoisotopic (exact) mass is 296 g/mol. The summed E-state index contributed by atoms with van der Waals surface area (Å²) in [6.45, 7) is 1.02. The Kier molecular flexibility index (Phi) is 6.86. The van der Waals surface area contributed by atoms with Gasteiger partial charge in [0, 0.05) is 25.7 Å². The Hall–Kier alpha value is -1.27. The molecule has 0 aliphatic heterocycles. The topological polar surface area (TPSA) is 32.3 Å². The second-order valence-electron chi connectivity index (χ2n) is 3.91. The Morgan fingerprint density at radius 2 is 2.00 bits per heavy atom. The van der Waals surface area contributed by atoms with Gasteiger partial charge < -0.3 is 10.2 Å². The van der Waals surface area contributed by atoms with Crippen LogP contribution in [0.3, 0.4) is 0 Å². The Balaban J connectivity index is 0.00000324. The van der Waals surface area contributed by atoms with Crippen molar-refractivity contribution >= 4 is 18.3 Å². The number of benzene rings is 1. The van der Waals surface area contributed by atoms with Crippen LogP contribution in [-0.2, 0) is 6.18 Å². The van der Waals surface area contributed by atoms with Gasteiger partial charge >= 0.3 is 6.18 Å². The summed E-state index contributed by atoms with van der Waals surface area (Å²) in [6.07, 6.45) is -4.43. The third-order valence-electron chi connectivity index (χ3n) is 2.48. The first kappa shape index (κ1) is 17.7. The van der Waals surface area contributed by atoms with Crippen molar-refractivity contribution in [1.29, 1.82) is 0 Å². The Bertz CT molecular complexity index is 424. The molecule has 19 heavy (non-hydrogen) atoms. The maximum atomic E-state index is 12.5. The van der Waals surface area contributed by atoms with Gasteiger partial charge in [0.25, 0.3) is 5.91 Å². The van der Waals surface area contributed by atoms with E-state index in [0.717, 1.165) is 12.1 Å². The van der Waals surface area contributed by atoms with Crippen molar-refractivity contribution in [2.75, 3.05) is 27.2 Å². The van der Waals surface area contributed by atoms with Crippen LogP contribution in [0, 0.1) is 0 Å². The minimum absolute atomic E-state index is 0. The standard InChI is InChI=1S/C12H15F3N2O.ClH/c1-16-6-7-17(2)11(18)9-4-3-5-10(8-9)12(13,14)15;/h3-5,8,16H,6-7H2,1-2H3;1H. The van der Waals surface area contributed by atoms with Gasteiger partial charge in [-0.15, -0.1) is 12.4 Å². The molecule has 0 atom stereocenters. The lowest BCUT2D eigenvalue weighted by atomic mass is 10.1. The van der Waals surface area contributed by atoms with Crippen molar-refractivity contribution in [1.82, 2.24) is 10.2 Å². The molecular formula is C12H16ClF3N2O. The second kappa shape index (κ2) is 7.35. The summed E-state index contributed by atoms with van der Waals surface area (Å²) in [5.41, 5.74) is -0.765. The number of likely N-dealkylation sites (N-methyl/N-ethyl adjacent to an activating group) is 2. The molecule has 1 aromatic carbocycles. The third-order valence-corrected chi connectivity index (χ3v) is 2.48. The molecule has 0 fully saturated rings. The van der Waals surface area contributed by atoms with Gasteiger partial charge in [-0.1, -0.05) is 6.07 Å². The summed E-state index contributed by atoms with van der Waals surface area (Å²) < 4.78 is 37.5. The van der Waals surface area contributed by atoms with Crippen LogP contribution < -0.4 is 5.32 Å². The Morgan fingerprint density at radius 3 is 2.53 bits per heavy atom. The minimum atomic E-state index is -4.43. The van der Waals surface area contributed by atoms with Crippen molar-refractivity contribution in [3.63, 3.8) is 0 Å². The van der Waals surface area contributed by atoms with E-state index in [1.54, 1.807) is 14.1 Å². The largest absolute Gasteiger partial charge is 0.416 e. The Labute approximate surface area is 116 Å². The summed E-state index contributed by atoms with van der Waals surface area (Å²) in [7, 11) is 3.29. The fourth-order valence-electron chi connectivity index (χ4n) is 1.43. The molecule has 0 saturated heterocycles. The number of alkyl halides is 3. The molecule has 3 nitrogen and oxygen atoms in total. The van der Waals surface area contributed by atoms with Gasteiger partial charge in [-0.2, -0.15) is 13.2 Å². The number of halogens is 4. The number of nitrogens with zero attached hydrogens (tertiary/aromatic N) is 1. The number of nitrogens with one attached hydrogen (secondary N) is 1. The summed E-state index contributed by atoms with van der Waals surface area (Å²) in [4.78, 5) is 13.2. The fraction of sp³-hybridized carbons (Fsp3) is 0.417. The number of carbonyl (C=O) groups excluding carboxylic acids is 1. The molecule has 0 radical (unpaired) electrons. The highest BCUT2D eigenvalue weighted by molar-refractivity contribution is 5.94. The molecule has 1 aromatic rings. The highest BCUT2D eigenvalue weighted by atomic mass is 35.5. The molecule has 0 aliphatic rings. The van der Waals surface area contributed by atoms with Crippen LogP contribution in [0.1, 0.15) is 15.9 Å². The van der Waals surface area contributed by atoms with Gasteiger partial charge in [-0.05, 0) is 25.2 Å². The van der Waals surface area contributed by atoms with E-state index < -0.39 is 17.6 Å². The molecule has 0 heterocycles. The van der Waals surface area contributed by atoms with Crippen molar-refractivity contribution < 1.29 is 18.0 Å². The number of hydrogen-bond acceptors (Lipinski definition) is 2. The summed E-state index contributed by atoms with van der Waals surface area (Å²) >= 11 is 0. The first-order valence-corrected chi connectivity index (χ1v) is 5.43. The van der Waals surface area contributed by atoms with Crippen LogP contribution in [0.25, 0.3) is 0 Å². The van der Waals surface area contributed by atoms with Gasteiger partial charge in [-0.3, -0.25) is 4.79 Å². The molecule has 7 heteroatoms. The zero-order chi connectivity index (χ0) is 13.8.